The highest BCUT2D eigenvalue weighted by molar-refractivity contribution is 8.00. The van der Waals surface area contributed by atoms with E-state index in [4.69, 9.17) is 0 Å². The standard InChI is InChI=1S/C19H23N3O2S2/c1-14-7-9-22(10-8-14)18(24)13-25-12-17(23)21-19-20-16(11-26-19)15-5-3-2-4-6-15/h2-6,11,14H,7-10,12-13H2,1H3,(H,20,21,23). The summed E-state index contributed by atoms with van der Waals surface area (Å²) in [6.45, 7) is 3.91. The normalized spacial score (nSPS) is 15.0. The van der Waals surface area contributed by atoms with Crippen molar-refractivity contribution < 1.29 is 9.59 Å². The molecule has 2 heterocycles. The van der Waals surface area contributed by atoms with Crippen molar-refractivity contribution in [3.8, 4) is 11.3 Å². The monoisotopic (exact) mass is 389 g/mol. The van der Waals surface area contributed by atoms with Crippen LogP contribution in [0.5, 0.6) is 0 Å². The molecule has 0 bridgehead atoms. The zero-order valence-electron chi connectivity index (χ0n) is 14.8. The van der Waals surface area contributed by atoms with Gasteiger partial charge < -0.3 is 10.2 Å². The largest absolute Gasteiger partial charge is 0.342 e. The van der Waals surface area contributed by atoms with Gasteiger partial charge in [0.25, 0.3) is 0 Å². The van der Waals surface area contributed by atoms with Gasteiger partial charge in [-0.1, -0.05) is 37.3 Å². The van der Waals surface area contributed by atoms with Gasteiger partial charge in [-0.15, -0.1) is 23.1 Å². The molecule has 7 heteroatoms. The van der Waals surface area contributed by atoms with Gasteiger partial charge in [0.05, 0.1) is 17.2 Å². The van der Waals surface area contributed by atoms with Crippen molar-refractivity contribution >= 4 is 40.0 Å². The lowest BCUT2D eigenvalue weighted by atomic mass is 9.99. The van der Waals surface area contributed by atoms with E-state index in [9.17, 15) is 9.59 Å². The fourth-order valence-corrected chi connectivity index (χ4v) is 4.26. The zero-order valence-corrected chi connectivity index (χ0v) is 16.4. The van der Waals surface area contributed by atoms with Gasteiger partial charge in [0.1, 0.15) is 0 Å². The van der Waals surface area contributed by atoms with Gasteiger partial charge in [-0.25, -0.2) is 4.98 Å². The molecule has 138 valence electrons. The van der Waals surface area contributed by atoms with Crippen molar-refractivity contribution in [3.63, 3.8) is 0 Å². The summed E-state index contributed by atoms with van der Waals surface area (Å²) < 4.78 is 0. The van der Waals surface area contributed by atoms with Gasteiger partial charge in [-0.2, -0.15) is 0 Å². The Hall–Kier alpha value is -1.86. The molecule has 1 saturated heterocycles. The number of benzene rings is 1. The first-order chi connectivity index (χ1) is 12.6. The maximum atomic E-state index is 12.2. The second-order valence-corrected chi connectivity index (χ2v) is 8.35. The quantitative estimate of drug-likeness (QED) is 0.817. The summed E-state index contributed by atoms with van der Waals surface area (Å²) in [5.41, 5.74) is 1.88. The van der Waals surface area contributed by atoms with E-state index in [0.29, 0.717) is 16.8 Å². The Bertz CT molecular complexity index is 740. The minimum absolute atomic E-state index is 0.121. The summed E-state index contributed by atoms with van der Waals surface area (Å²) in [7, 11) is 0. The van der Waals surface area contributed by atoms with Crippen molar-refractivity contribution in [1.82, 2.24) is 9.88 Å². The van der Waals surface area contributed by atoms with Crippen molar-refractivity contribution in [1.29, 1.82) is 0 Å². The lowest BCUT2D eigenvalue weighted by Gasteiger charge is -2.30. The van der Waals surface area contributed by atoms with Gasteiger partial charge in [-0.05, 0) is 18.8 Å². The first kappa shape index (κ1) is 18.9. The first-order valence-electron chi connectivity index (χ1n) is 8.78. The highest BCUT2D eigenvalue weighted by atomic mass is 32.2. The topological polar surface area (TPSA) is 62.3 Å². The van der Waals surface area contributed by atoms with Crippen LogP contribution in [0.4, 0.5) is 5.13 Å². The third-order valence-corrected chi connectivity index (χ3v) is 6.09. The van der Waals surface area contributed by atoms with Crippen LogP contribution in [0.1, 0.15) is 19.8 Å². The summed E-state index contributed by atoms with van der Waals surface area (Å²) in [5, 5.41) is 5.33. The van der Waals surface area contributed by atoms with Gasteiger partial charge in [0, 0.05) is 24.0 Å². The number of nitrogens with one attached hydrogen (secondary N) is 1. The second kappa shape index (κ2) is 9.19. The van der Waals surface area contributed by atoms with Crippen molar-refractivity contribution in [3.05, 3.63) is 35.7 Å². The van der Waals surface area contributed by atoms with E-state index in [1.807, 2.05) is 40.6 Å². The van der Waals surface area contributed by atoms with Gasteiger partial charge in [0.15, 0.2) is 5.13 Å². The molecule has 0 spiro atoms. The number of piperidine rings is 1. The average molecular weight is 390 g/mol. The molecular weight excluding hydrogens is 366 g/mol. The van der Waals surface area contributed by atoms with E-state index in [1.165, 1.54) is 23.1 Å². The lowest BCUT2D eigenvalue weighted by molar-refractivity contribution is -0.129. The maximum Gasteiger partial charge on any atom is 0.236 e. The predicted octanol–water partition coefficient (Wildman–Crippen LogP) is 3.74. The number of likely N-dealkylation sites (tertiary alicyclic amines) is 1. The molecular formula is C19H23N3O2S2. The maximum absolute atomic E-state index is 12.2. The summed E-state index contributed by atoms with van der Waals surface area (Å²) in [6.07, 6.45) is 2.15. The molecule has 2 amide bonds. The molecule has 0 saturated carbocycles. The molecule has 0 aliphatic carbocycles. The molecule has 2 aromatic rings. The molecule has 3 rings (SSSR count). The highest BCUT2D eigenvalue weighted by Crippen LogP contribution is 2.24. The number of aromatic nitrogens is 1. The van der Waals surface area contributed by atoms with Crippen LogP contribution in [0.3, 0.4) is 0 Å². The molecule has 0 unspecified atom stereocenters. The van der Waals surface area contributed by atoms with Crippen LogP contribution in [-0.4, -0.2) is 46.3 Å². The highest BCUT2D eigenvalue weighted by Gasteiger charge is 2.20. The van der Waals surface area contributed by atoms with E-state index in [2.05, 4.69) is 17.2 Å². The Balaban J connectivity index is 1.40. The minimum atomic E-state index is -0.121. The smallest absolute Gasteiger partial charge is 0.236 e. The van der Waals surface area contributed by atoms with Crippen LogP contribution in [0, 0.1) is 5.92 Å². The Labute approximate surface area is 162 Å². The third kappa shape index (κ3) is 5.32. The van der Waals surface area contributed by atoms with Crippen molar-refractivity contribution in [2.24, 2.45) is 5.92 Å². The van der Waals surface area contributed by atoms with Gasteiger partial charge in [0.2, 0.25) is 11.8 Å². The van der Waals surface area contributed by atoms with Crippen LogP contribution in [0.2, 0.25) is 0 Å². The molecule has 1 aliphatic heterocycles. The summed E-state index contributed by atoms with van der Waals surface area (Å²) >= 11 is 2.77. The van der Waals surface area contributed by atoms with E-state index < -0.39 is 0 Å². The molecule has 1 N–H and O–H groups in total. The van der Waals surface area contributed by atoms with Gasteiger partial charge in [-0.3, -0.25) is 9.59 Å². The van der Waals surface area contributed by atoms with Crippen molar-refractivity contribution in [2.45, 2.75) is 19.8 Å². The van der Waals surface area contributed by atoms with E-state index in [-0.39, 0.29) is 17.6 Å². The molecule has 1 aromatic carbocycles. The number of amides is 2. The summed E-state index contributed by atoms with van der Waals surface area (Å²) in [6, 6.07) is 9.86. The Morgan fingerprint density at radius 1 is 1.23 bits per heavy atom. The fraction of sp³-hybridized carbons (Fsp3) is 0.421. The number of rotatable bonds is 6. The number of carbonyl (C=O) groups is 2. The zero-order chi connectivity index (χ0) is 18.4. The van der Waals surface area contributed by atoms with Crippen LogP contribution in [0.25, 0.3) is 11.3 Å². The summed E-state index contributed by atoms with van der Waals surface area (Å²) in [5.74, 6) is 1.33. The third-order valence-electron chi connectivity index (χ3n) is 4.42. The molecule has 1 aromatic heterocycles. The molecule has 1 aliphatic rings. The molecule has 5 nitrogen and oxygen atoms in total. The molecule has 0 atom stereocenters. The number of carbonyl (C=O) groups excluding carboxylic acids is 2. The number of hydrogen-bond donors (Lipinski definition) is 1. The number of hydrogen-bond acceptors (Lipinski definition) is 5. The van der Waals surface area contributed by atoms with E-state index in [0.717, 1.165) is 37.2 Å². The lowest BCUT2D eigenvalue weighted by Crippen LogP contribution is -2.39. The number of anilines is 1. The Morgan fingerprint density at radius 2 is 1.96 bits per heavy atom. The number of thioether (sulfide) groups is 1. The fourth-order valence-electron chi connectivity index (χ4n) is 2.81. The Morgan fingerprint density at radius 3 is 2.69 bits per heavy atom. The molecule has 1 fully saturated rings. The molecule has 0 radical (unpaired) electrons. The average Bonchev–Trinajstić information content (AvgIpc) is 3.11. The van der Waals surface area contributed by atoms with Crippen LogP contribution in [-0.2, 0) is 9.59 Å². The predicted molar refractivity (Wildman–Crippen MR) is 108 cm³/mol. The van der Waals surface area contributed by atoms with Crippen molar-refractivity contribution in [2.75, 3.05) is 29.9 Å². The first-order valence-corrected chi connectivity index (χ1v) is 10.8. The number of thiazole rings is 1. The minimum Gasteiger partial charge on any atom is -0.342 e. The second-order valence-electron chi connectivity index (χ2n) is 6.51. The van der Waals surface area contributed by atoms with Crippen LogP contribution < -0.4 is 5.32 Å². The van der Waals surface area contributed by atoms with E-state index >= 15 is 0 Å². The van der Waals surface area contributed by atoms with Gasteiger partial charge >= 0.3 is 0 Å². The molecule has 26 heavy (non-hydrogen) atoms. The Kier molecular flexibility index (Phi) is 6.68. The van der Waals surface area contributed by atoms with E-state index in [1.54, 1.807) is 0 Å². The van der Waals surface area contributed by atoms with Crippen LogP contribution in [0.15, 0.2) is 35.7 Å². The SMILES string of the molecule is CC1CCN(C(=O)CSCC(=O)Nc2nc(-c3ccccc3)cs2)CC1. The number of nitrogens with zero attached hydrogens (tertiary/aromatic N) is 2. The summed E-state index contributed by atoms with van der Waals surface area (Å²) in [4.78, 5) is 30.6. The van der Waals surface area contributed by atoms with Crippen LogP contribution >= 0.6 is 23.1 Å².